The first-order chi connectivity index (χ1) is 10.4. The van der Waals surface area contributed by atoms with E-state index in [1.807, 2.05) is 12.1 Å². The zero-order valence-corrected chi connectivity index (χ0v) is 13.6. The van der Waals surface area contributed by atoms with Gasteiger partial charge in [0.2, 0.25) is 0 Å². The van der Waals surface area contributed by atoms with Crippen LogP contribution in [-0.2, 0) is 10.0 Å². The van der Waals surface area contributed by atoms with Crippen LogP contribution >= 0.6 is 11.6 Å². The van der Waals surface area contributed by atoms with Gasteiger partial charge in [-0.05, 0) is 55.5 Å². The van der Waals surface area contributed by atoms with Gasteiger partial charge in [0, 0.05) is 16.1 Å². The van der Waals surface area contributed by atoms with E-state index in [0.29, 0.717) is 22.0 Å². The lowest BCUT2D eigenvalue weighted by atomic mass is 10.2. The molecule has 1 aromatic heterocycles. The van der Waals surface area contributed by atoms with E-state index in [1.165, 1.54) is 16.1 Å². The highest BCUT2D eigenvalue weighted by atomic mass is 35.5. The first-order valence-electron chi connectivity index (χ1n) is 6.61. The third-order valence-electron chi connectivity index (χ3n) is 3.49. The van der Waals surface area contributed by atoms with Crippen molar-refractivity contribution in [1.82, 2.24) is 3.97 Å². The van der Waals surface area contributed by atoms with Crippen LogP contribution in [0.2, 0.25) is 5.02 Å². The molecule has 0 fully saturated rings. The Hall–Kier alpha value is -1.98. The number of rotatable bonds is 3. The van der Waals surface area contributed by atoms with Crippen LogP contribution in [0.1, 0.15) is 5.69 Å². The second-order valence-electron chi connectivity index (χ2n) is 4.93. The highest BCUT2D eigenvalue weighted by Gasteiger charge is 2.21. The van der Waals surface area contributed by atoms with Gasteiger partial charge in [-0.3, -0.25) is 0 Å². The molecule has 3 rings (SSSR count). The average Bonchev–Trinajstić information content (AvgIpc) is 2.83. The summed E-state index contributed by atoms with van der Waals surface area (Å²) in [5.74, 6) is 0.688. The molecule has 1 heterocycles. The van der Waals surface area contributed by atoms with Crippen molar-refractivity contribution < 1.29 is 13.2 Å². The molecule has 0 saturated carbocycles. The van der Waals surface area contributed by atoms with Crippen molar-refractivity contribution in [3.05, 3.63) is 59.2 Å². The van der Waals surface area contributed by atoms with Crippen molar-refractivity contribution in [2.75, 3.05) is 7.11 Å². The first-order valence-corrected chi connectivity index (χ1v) is 8.42. The summed E-state index contributed by atoms with van der Waals surface area (Å²) in [4.78, 5) is 0.202. The van der Waals surface area contributed by atoms with E-state index in [4.69, 9.17) is 16.3 Å². The standard InChI is InChI=1S/C16H14ClNO3S/c1-11-9-12-10-14(21-2)5-8-16(12)18(11)22(19,20)15-6-3-13(17)4-7-15/h3-10H,1-2H3. The fourth-order valence-corrected chi connectivity index (χ4v) is 4.14. The summed E-state index contributed by atoms with van der Waals surface area (Å²) in [6, 6.07) is 13.3. The topological polar surface area (TPSA) is 48.3 Å². The highest BCUT2D eigenvalue weighted by molar-refractivity contribution is 7.90. The third-order valence-corrected chi connectivity index (χ3v) is 5.58. The van der Waals surface area contributed by atoms with Crippen LogP contribution in [0.3, 0.4) is 0 Å². The van der Waals surface area contributed by atoms with Crippen LogP contribution in [0, 0.1) is 6.92 Å². The van der Waals surface area contributed by atoms with Crippen LogP contribution in [-0.4, -0.2) is 19.5 Å². The quantitative estimate of drug-likeness (QED) is 0.730. The molecule has 0 bridgehead atoms. The molecule has 0 aliphatic rings. The fourth-order valence-electron chi connectivity index (χ4n) is 2.46. The first kappa shape index (κ1) is 14.9. The summed E-state index contributed by atoms with van der Waals surface area (Å²) < 4.78 is 32.3. The van der Waals surface area contributed by atoms with Gasteiger partial charge in [-0.1, -0.05) is 11.6 Å². The second kappa shape index (κ2) is 5.34. The number of methoxy groups -OCH3 is 1. The number of benzene rings is 2. The van der Waals surface area contributed by atoms with E-state index in [-0.39, 0.29) is 4.90 Å². The van der Waals surface area contributed by atoms with Crippen molar-refractivity contribution in [2.24, 2.45) is 0 Å². The Bertz CT molecular complexity index is 943. The Morgan fingerprint density at radius 1 is 1.05 bits per heavy atom. The summed E-state index contributed by atoms with van der Waals surface area (Å²) in [5, 5.41) is 1.31. The Kier molecular flexibility index (Phi) is 3.62. The van der Waals surface area contributed by atoms with E-state index in [2.05, 4.69) is 0 Å². The van der Waals surface area contributed by atoms with Crippen molar-refractivity contribution in [3.8, 4) is 5.75 Å². The van der Waals surface area contributed by atoms with Gasteiger partial charge in [-0.25, -0.2) is 12.4 Å². The molecular formula is C16H14ClNO3S. The summed E-state index contributed by atoms with van der Waals surface area (Å²) in [6.45, 7) is 1.76. The molecule has 0 aliphatic carbocycles. The average molecular weight is 336 g/mol. The number of fused-ring (bicyclic) bond motifs is 1. The second-order valence-corrected chi connectivity index (χ2v) is 7.16. The van der Waals surface area contributed by atoms with Gasteiger partial charge in [-0.15, -0.1) is 0 Å². The monoisotopic (exact) mass is 335 g/mol. The SMILES string of the molecule is COc1ccc2c(c1)cc(C)n2S(=O)(=O)c1ccc(Cl)cc1. The van der Waals surface area contributed by atoms with Gasteiger partial charge in [0.25, 0.3) is 10.0 Å². The predicted molar refractivity (Wildman–Crippen MR) is 87.3 cm³/mol. The lowest BCUT2D eigenvalue weighted by Gasteiger charge is -2.10. The van der Waals surface area contributed by atoms with Crippen LogP contribution < -0.4 is 4.74 Å². The molecule has 2 aromatic carbocycles. The maximum absolute atomic E-state index is 12.9. The van der Waals surface area contributed by atoms with Crippen LogP contribution in [0.4, 0.5) is 0 Å². The fraction of sp³-hybridized carbons (Fsp3) is 0.125. The maximum atomic E-state index is 12.9. The predicted octanol–water partition coefficient (Wildman–Crippen LogP) is 3.85. The number of aromatic nitrogens is 1. The number of nitrogens with zero attached hydrogens (tertiary/aromatic N) is 1. The third kappa shape index (κ3) is 2.36. The molecule has 0 saturated heterocycles. The minimum absolute atomic E-state index is 0.202. The van der Waals surface area contributed by atoms with Gasteiger partial charge < -0.3 is 4.74 Å². The zero-order valence-electron chi connectivity index (χ0n) is 12.1. The number of halogens is 1. The van der Waals surface area contributed by atoms with E-state index in [1.54, 1.807) is 38.3 Å². The van der Waals surface area contributed by atoms with Crippen molar-refractivity contribution >= 4 is 32.5 Å². The molecule has 0 atom stereocenters. The van der Waals surface area contributed by atoms with Gasteiger partial charge in [-0.2, -0.15) is 0 Å². The normalized spacial score (nSPS) is 11.8. The van der Waals surface area contributed by atoms with Crippen molar-refractivity contribution in [1.29, 1.82) is 0 Å². The minimum Gasteiger partial charge on any atom is -0.497 e. The van der Waals surface area contributed by atoms with E-state index >= 15 is 0 Å². The summed E-state index contributed by atoms with van der Waals surface area (Å²) in [6.07, 6.45) is 0. The molecule has 0 radical (unpaired) electrons. The van der Waals surface area contributed by atoms with E-state index in [0.717, 1.165) is 5.39 Å². The lowest BCUT2D eigenvalue weighted by molar-refractivity contribution is 0.415. The molecule has 0 aliphatic heterocycles. The molecule has 4 nitrogen and oxygen atoms in total. The van der Waals surface area contributed by atoms with Crippen molar-refractivity contribution in [2.45, 2.75) is 11.8 Å². The molecular weight excluding hydrogens is 322 g/mol. The Morgan fingerprint density at radius 3 is 2.36 bits per heavy atom. The largest absolute Gasteiger partial charge is 0.497 e. The Labute approximate surface area is 133 Å². The smallest absolute Gasteiger partial charge is 0.268 e. The van der Waals surface area contributed by atoms with Crippen LogP contribution in [0.15, 0.2) is 53.4 Å². The van der Waals surface area contributed by atoms with Gasteiger partial charge >= 0.3 is 0 Å². The van der Waals surface area contributed by atoms with Gasteiger partial charge in [0.1, 0.15) is 5.75 Å². The van der Waals surface area contributed by atoms with Crippen molar-refractivity contribution in [3.63, 3.8) is 0 Å². The molecule has 0 unspecified atom stereocenters. The number of hydrogen-bond donors (Lipinski definition) is 0. The Balaban J connectivity index is 2.24. The molecule has 0 N–H and O–H groups in total. The zero-order chi connectivity index (χ0) is 15.9. The highest BCUT2D eigenvalue weighted by Crippen LogP contribution is 2.28. The minimum atomic E-state index is -3.67. The van der Waals surface area contributed by atoms with Crippen LogP contribution in [0.5, 0.6) is 5.75 Å². The molecule has 114 valence electrons. The molecule has 22 heavy (non-hydrogen) atoms. The molecule has 3 aromatic rings. The lowest BCUT2D eigenvalue weighted by Crippen LogP contribution is -2.14. The molecule has 6 heteroatoms. The van der Waals surface area contributed by atoms with E-state index < -0.39 is 10.0 Å². The van der Waals surface area contributed by atoms with Gasteiger partial charge in [0.05, 0.1) is 17.5 Å². The maximum Gasteiger partial charge on any atom is 0.268 e. The van der Waals surface area contributed by atoms with Gasteiger partial charge in [0.15, 0.2) is 0 Å². The Morgan fingerprint density at radius 2 is 1.73 bits per heavy atom. The summed E-state index contributed by atoms with van der Waals surface area (Å²) in [5.41, 5.74) is 1.26. The summed E-state index contributed by atoms with van der Waals surface area (Å²) >= 11 is 5.83. The van der Waals surface area contributed by atoms with E-state index in [9.17, 15) is 8.42 Å². The number of hydrogen-bond acceptors (Lipinski definition) is 3. The summed E-state index contributed by atoms with van der Waals surface area (Å²) in [7, 11) is -2.09. The molecule has 0 spiro atoms. The van der Waals surface area contributed by atoms with Crippen LogP contribution in [0.25, 0.3) is 10.9 Å². The molecule has 0 amide bonds. The number of ether oxygens (including phenoxy) is 1. The number of aryl methyl sites for hydroxylation is 1.